The molecule has 0 bridgehead atoms. The predicted octanol–water partition coefficient (Wildman–Crippen LogP) is 5.88. The molecular weight excluding hydrogens is 340 g/mol. The number of thiocarbonyl (C=S) groups is 1. The molecule has 0 aliphatic rings. The highest BCUT2D eigenvalue weighted by Crippen LogP contribution is 2.27. The molecule has 0 radical (unpaired) electrons. The van der Waals surface area contributed by atoms with Gasteiger partial charge in [0.1, 0.15) is 5.66 Å². The molecule has 0 saturated carbocycles. The van der Waals surface area contributed by atoms with Gasteiger partial charge in [0.05, 0.1) is 6.04 Å². The number of nitrogens with one attached hydrogen (secondary N) is 2. The normalized spacial score (nSPS) is 12.2. The van der Waals surface area contributed by atoms with Gasteiger partial charge in [-0.05, 0) is 73.6 Å². The fourth-order valence-corrected chi connectivity index (χ4v) is 3.18. The van der Waals surface area contributed by atoms with Crippen molar-refractivity contribution in [2.45, 2.75) is 39.4 Å². The van der Waals surface area contributed by atoms with Gasteiger partial charge in [-0.3, -0.25) is 0 Å². The molecule has 0 unspecified atom stereocenters. The Kier molecular flexibility index (Phi) is 5.18. The van der Waals surface area contributed by atoms with Crippen molar-refractivity contribution < 1.29 is 0 Å². The summed E-state index contributed by atoms with van der Waals surface area (Å²) in [4.78, 5) is 0. The summed E-state index contributed by atoms with van der Waals surface area (Å²) in [5.41, 5.74) is 0.392. The summed E-state index contributed by atoms with van der Waals surface area (Å²) in [7, 11) is 0. The molecule has 0 aliphatic heterocycles. The molecule has 0 spiro atoms. The molecule has 0 saturated heterocycles. The molecule has 2 N–H and O–H groups in total. The number of fused-ring (bicyclic) bond motifs is 3. The smallest absolute Gasteiger partial charge is 0.172 e. The topological polar surface area (TPSA) is 48.8 Å². The molecule has 0 atom stereocenters. The lowest BCUT2D eigenvalue weighted by Crippen LogP contribution is -2.43. The first-order valence-corrected chi connectivity index (χ1v) is 9.17. The molecule has 0 aromatic heterocycles. The van der Waals surface area contributed by atoms with Gasteiger partial charge < -0.3 is 10.6 Å². The van der Waals surface area contributed by atoms with E-state index in [1.54, 1.807) is 0 Å². The van der Waals surface area contributed by atoms with Crippen molar-refractivity contribution in [3.8, 4) is 0 Å². The molecule has 134 valence electrons. The van der Waals surface area contributed by atoms with Crippen LogP contribution < -0.4 is 10.6 Å². The third kappa shape index (κ3) is 4.35. The summed E-state index contributed by atoms with van der Waals surface area (Å²) in [6.45, 7) is 7.88. The fourth-order valence-electron chi connectivity index (χ4n) is 2.82. The first kappa shape index (κ1) is 18.3. The van der Waals surface area contributed by atoms with Crippen LogP contribution in [0.2, 0.25) is 0 Å². The van der Waals surface area contributed by atoms with E-state index < -0.39 is 5.66 Å². The van der Waals surface area contributed by atoms with Gasteiger partial charge in [-0.1, -0.05) is 42.5 Å². The van der Waals surface area contributed by atoms with E-state index >= 15 is 0 Å². The minimum Gasteiger partial charge on any atom is -0.337 e. The second kappa shape index (κ2) is 7.38. The van der Waals surface area contributed by atoms with Crippen molar-refractivity contribution in [1.82, 2.24) is 5.32 Å². The van der Waals surface area contributed by atoms with E-state index in [-0.39, 0.29) is 6.04 Å². The van der Waals surface area contributed by atoms with Gasteiger partial charge in [-0.2, -0.15) is 10.2 Å². The zero-order valence-electron chi connectivity index (χ0n) is 15.6. The van der Waals surface area contributed by atoms with Crippen molar-refractivity contribution in [1.29, 1.82) is 0 Å². The van der Waals surface area contributed by atoms with Crippen LogP contribution >= 0.6 is 12.2 Å². The predicted molar refractivity (Wildman–Crippen MR) is 115 cm³/mol. The standard InChI is InChI=1S/C21H24N4S/c1-14(2)24-25-21(3,4)23-20(26)22-17-11-12-19-16(13-17)10-9-15-7-5-6-8-18(15)19/h5-14H,1-4H3,(H2,22,23,26). The lowest BCUT2D eigenvalue weighted by molar-refractivity contribution is 0.448. The maximum absolute atomic E-state index is 5.44. The number of rotatable bonds is 4. The van der Waals surface area contributed by atoms with Crippen LogP contribution in [0.4, 0.5) is 5.69 Å². The van der Waals surface area contributed by atoms with Crippen molar-refractivity contribution in [3.05, 3.63) is 54.6 Å². The molecular formula is C21H24N4S. The average Bonchev–Trinajstić information content (AvgIpc) is 2.59. The largest absolute Gasteiger partial charge is 0.337 e. The lowest BCUT2D eigenvalue weighted by Gasteiger charge is -2.23. The third-order valence-electron chi connectivity index (χ3n) is 3.96. The summed E-state index contributed by atoms with van der Waals surface area (Å²) in [5, 5.41) is 20.4. The monoisotopic (exact) mass is 364 g/mol. The van der Waals surface area contributed by atoms with E-state index in [2.05, 4.69) is 69.4 Å². The Morgan fingerprint density at radius 3 is 2.42 bits per heavy atom. The highest BCUT2D eigenvalue weighted by Gasteiger charge is 2.17. The molecule has 0 aliphatic carbocycles. The molecule has 5 heteroatoms. The van der Waals surface area contributed by atoms with Crippen molar-refractivity contribution in [2.75, 3.05) is 5.32 Å². The quantitative estimate of drug-likeness (QED) is 0.345. The van der Waals surface area contributed by atoms with E-state index in [9.17, 15) is 0 Å². The first-order chi connectivity index (χ1) is 12.3. The minimum absolute atomic E-state index is 0.160. The second-order valence-corrected chi connectivity index (χ2v) is 7.58. The van der Waals surface area contributed by atoms with E-state index in [0.29, 0.717) is 5.11 Å². The van der Waals surface area contributed by atoms with E-state index in [1.807, 2.05) is 33.8 Å². The van der Waals surface area contributed by atoms with Gasteiger partial charge in [0.25, 0.3) is 0 Å². The lowest BCUT2D eigenvalue weighted by atomic mass is 10.0. The van der Waals surface area contributed by atoms with Crippen molar-refractivity contribution in [3.63, 3.8) is 0 Å². The van der Waals surface area contributed by atoms with Crippen LogP contribution in [0.25, 0.3) is 21.5 Å². The number of hydrogen-bond acceptors (Lipinski definition) is 3. The van der Waals surface area contributed by atoms with Crippen LogP contribution in [-0.2, 0) is 0 Å². The zero-order chi connectivity index (χ0) is 18.7. The van der Waals surface area contributed by atoms with Gasteiger partial charge in [0, 0.05) is 5.69 Å². The van der Waals surface area contributed by atoms with Crippen LogP contribution in [-0.4, -0.2) is 16.8 Å². The number of nitrogens with zero attached hydrogens (tertiary/aromatic N) is 2. The van der Waals surface area contributed by atoms with Crippen LogP contribution in [0.15, 0.2) is 64.8 Å². The molecule has 0 amide bonds. The third-order valence-corrected chi connectivity index (χ3v) is 4.17. The van der Waals surface area contributed by atoms with Gasteiger partial charge in [0.2, 0.25) is 0 Å². The summed E-state index contributed by atoms with van der Waals surface area (Å²) in [6, 6.07) is 19.2. The maximum Gasteiger partial charge on any atom is 0.172 e. The number of anilines is 1. The van der Waals surface area contributed by atoms with Gasteiger partial charge in [-0.25, -0.2) is 0 Å². The van der Waals surface area contributed by atoms with Crippen LogP contribution in [0.5, 0.6) is 0 Å². The Balaban J connectivity index is 1.78. The molecule has 26 heavy (non-hydrogen) atoms. The Hall–Kier alpha value is -2.53. The Bertz CT molecular complexity index is 976. The van der Waals surface area contributed by atoms with Crippen LogP contribution in [0.1, 0.15) is 27.7 Å². The number of hydrogen-bond donors (Lipinski definition) is 2. The van der Waals surface area contributed by atoms with E-state index in [4.69, 9.17) is 12.2 Å². The van der Waals surface area contributed by atoms with E-state index in [0.717, 1.165) is 5.69 Å². The minimum atomic E-state index is -0.554. The SMILES string of the molecule is CC(C)N=NC(C)(C)NC(=S)Nc1ccc2c(ccc3ccccc32)c1. The molecule has 3 rings (SSSR count). The average molecular weight is 365 g/mol. The number of benzene rings is 3. The van der Waals surface area contributed by atoms with Crippen molar-refractivity contribution >= 4 is 44.6 Å². The van der Waals surface area contributed by atoms with Crippen LogP contribution in [0, 0.1) is 0 Å². The first-order valence-electron chi connectivity index (χ1n) is 8.77. The highest BCUT2D eigenvalue weighted by molar-refractivity contribution is 7.80. The maximum atomic E-state index is 5.44. The highest BCUT2D eigenvalue weighted by atomic mass is 32.1. The van der Waals surface area contributed by atoms with Crippen molar-refractivity contribution in [2.24, 2.45) is 10.2 Å². The summed E-state index contributed by atoms with van der Waals surface area (Å²) in [5.74, 6) is 0. The molecule has 3 aromatic rings. The second-order valence-electron chi connectivity index (χ2n) is 7.17. The summed E-state index contributed by atoms with van der Waals surface area (Å²) < 4.78 is 0. The van der Waals surface area contributed by atoms with E-state index in [1.165, 1.54) is 21.5 Å². The summed E-state index contributed by atoms with van der Waals surface area (Å²) >= 11 is 5.44. The number of azo groups is 1. The van der Waals surface area contributed by atoms with Gasteiger partial charge in [0.15, 0.2) is 5.11 Å². The molecule has 4 nitrogen and oxygen atoms in total. The Morgan fingerprint density at radius 2 is 1.65 bits per heavy atom. The Morgan fingerprint density at radius 1 is 0.962 bits per heavy atom. The molecule has 3 aromatic carbocycles. The van der Waals surface area contributed by atoms with Crippen LogP contribution in [0.3, 0.4) is 0 Å². The van der Waals surface area contributed by atoms with Gasteiger partial charge >= 0.3 is 0 Å². The van der Waals surface area contributed by atoms with Gasteiger partial charge in [-0.15, -0.1) is 0 Å². The molecule has 0 fully saturated rings. The fraction of sp³-hybridized carbons (Fsp3) is 0.286. The molecule has 0 heterocycles. The summed E-state index contributed by atoms with van der Waals surface area (Å²) in [6.07, 6.45) is 0. The zero-order valence-corrected chi connectivity index (χ0v) is 16.4. The Labute approximate surface area is 159 Å².